The second-order valence-electron chi connectivity index (χ2n) is 7.30. The van der Waals surface area contributed by atoms with Gasteiger partial charge in [0.25, 0.3) is 0 Å². The minimum absolute atomic E-state index is 0.0926. The number of carbonyl (C=O) groups is 1. The van der Waals surface area contributed by atoms with Crippen LogP contribution in [0.25, 0.3) is 0 Å². The number of carbonyl (C=O) groups excluding carboxylic acids is 1. The highest BCUT2D eigenvalue weighted by Gasteiger charge is 2.23. The summed E-state index contributed by atoms with van der Waals surface area (Å²) in [4.78, 5) is 17.0. The van der Waals surface area contributed by atoms with Gasteiger partial charge in [-0.15, -0.1) is 0 Å². The molecule has 0 aromatic heterocycles. The molecule has 2 amide bonds. The van der Waals surface area contributed by atoms with E-state index in [4.69, 9.17) is 0 Å². The molecule has 1 unspecified atom stereocenters. The van der Waals surface area contributed by atoms with Crippen LogP contribution in [0.5, 0.6) is 0 Å². The lowest BCUT2D eigenvalue weighted by Crippen LogP contribution is -2.47. The predicted molar refractivity (Wildman–Crippen MR) is 97.8 cm³/mol. The molecule has 4 nitrogen and oxygen atoms in total. The van der Waals surface area contributed by atoms with Gasteiger partial charge in [0.1, 0.15) is 0 Å². The van der Waals surface area contributed by atoms with Crippen LogP contribution < -0.4 is 5.32 Å². The quantitative estimate of drug-likeness (QED) is 0.913. The lowest BCUT2D eigenvalue weighted by Gasteiger charge is -2.33. The Morgan fingerprint density at radius 2 is 1.75 bits per heavy atom. The Balaban J connectivity index is 1.57. The molecular weight excluding hydrogens is 298 g/mol. The molecule has 3 rings (SSSR count). The van der Waals surface area contributed by atoms with Gasteiger partial charge < -0.3 is 10.2 Å². The van der Waals surface area contributed by atoms with E-state index in [0.717, 1.165) is 25.9 Å². The van der Waals surface area contributed by atoms with Crippen molar-refractivity contribution in [3.63, 3.8) is 0 Å². The number of hydrogen-bond acceptors (Lipinski definition) is 2. The third kappa shape index (κ3) is 4.50. The standard InChI is InChI=1S/C20H31N3O/c1-17-9-5-8-14-23(17)20(24)21-15-18-10-3-4-11-19(18)16-22-12-6-2-7-13-22/h3-4,10-11,17H,2,5-9,12-16H2,1H3,(H,21,24). The van der Waals surface area contributed by atoms with Crippen LogP contribution in [0.2, 0.25) is 0 Å². The van der Waals surface area contributed by atoms with Gasteiger partial charge in [0, 0.05) is 25.7 Å². The summed E-state index contributed by atoms with van der Waals surface area (Å²) in [6, 6.07) is 9.00. The summed E-state index contributed by atoms with van der Waals surface area (Å²) in [6.45, 7) is 7.08. The van der Waals surface area contributed by atoms with Crippen LogP contribution in [0, 0.1) is 0 Å². The van der Waals surface area contributed by atoms with E-state index in [2.05, 4.69) is 41.4 Å². The number of rotatable bonds is 4. The minimum Gasteiger partial charge on any atom is -0.334 e. The molecule has 2 fully saturated rings. The Labute approximate surface area is 146 Å². The molecule has 0 bridgehead atoms. The Kier molecular flexibility index (Phi) is 6.13. The summed E-state index contributed by atoms with van der Waals surface area (Å²) in [5, 5.41) is 3.15. The second-order valence-corrected chi connectivity index (χ2v) is 7.30. The van der Waals surface area contributed by atoms with Gasteiger partial charge in [0.15, 0.2) is 0 Å². The smallest absolute Gasteiger partial charge is 0.317 e. The fourth-order valence-electron chi connectivity index (χ4n) is 3.91. The van der Waals surface area contributed by atoms with Crippen molar-refractivity contribution in [3.05, 3.63) is 35.4 Å². The van der Waals surface area contributed by atoms with Crippen molar-refractivity contribution in [2.45, 2.75) is 64.6 Å². The molecule has 4 heteroatoms. The molecule has 2 aliphatic heterocycles. The fraction of sp³-hybridized carbons (Fsp3) is 0.650. The van der Waals surface area contributed by atoms with Gasteiger partial charge in [-0.1, -0.05) is 30.7 Å². The molecule has 0 radical (unpaired) electrons. The van der Waals surface area contributed by atoms with Crippen LogP contribution in [-0.2, 0) is 13.1 Å². The minimum atomic E-state index is 0.0926. The zero-order valence-corrected chi connectivity index (χ0v) is 15.0. The van der Waals surface area contributed by atoms with E-state index < -0.39 is 0 Å². The van der Waals surface area contributed by atoms with Gasteiger partial charge in [0.05, 0.1) is 0 Å². The van der Waals surface area contributed by atoms with E-state index in [1.165, 1.54) is 49.9 Å². The molecule has 1 aromatic rings. The molecule has 2 aliphatic rings. The highest BCUT2D eigenvalue weighted by atomic mass is 16.2. The normalized spacial score (nSPS) is 22.4. The van der Waals surface area contributed by atoms with Crippen molar-refractivity contribution < 1.29 is 4.79 Å². The van der Waals surface area contributed by atoms with Gasteiger partial charge in [-0.05, 0) is 63.2 Å². The summed E-state index contributed by atoms with van der Waals surface area (Å²) in [7, 11) is 0. The van der Waals surface area contributed by atoms with Crippen molar-refractivity contribution in [3.8, 4) is 0 Å². The summed E-state index contributed by atoms with van der Waals surface area (Å²) >= 11 is 0. The number of amides is 2. The average Bonchev–Trinajstić information content (AvgIpc) is 2.62. The first kappa shape index (κ1) is 17.3. The summed E-state index contributed by atoms with van der Waals surface area (Å²) in [5.74, 6) is 0. The number of benzene rings is 1. The van der Waals surface area contributed by atoms with Crippen LogP contribution >= 0.6 is 0 Å². The number of urea groups is 1. The number of piperidine rings is 2. The first-order chi connectivity index (χ1) is 11.7. The zero-order valence-electron chi connectivity index (χ0n) is 15.0. The van der Waals surface area contributed by atoms with Crippen LogP contribution in [0.3, 0.4) is 0 Å². The fourth-order valence-corrected chi connectivity index (χ4v) is 3.91. The summed E-state index contributed by atoms with van der Waals surface area (Å²) in [6.07, 6.45) is 7.48. The SMILES string of the molecule is CC1CCCCN1C(=O)NCc1ccccc1CN1CCCCC1. The Morgan fingerprint density at radius 1 is 1.04 bits per heavy atom. The average molecular weight is 329 g/mol. The molecule has 0 aliphatic carbocycles. The molecule has 24 heavy (non-hydrogen) atoms. The Bertz CT molecular complexity index is 539. The molecule has 2 saturated heterocycles. The maximum absolute atomic E-state index is 12.5. The van der Waals surface area contributed by atoms with E-state index in [1.807, 2.05) is 4.90 Å². The summed E-state index contributed by atoms with van der Waals surface area (Å²) < 4.78 is 0. The molecule has 0 saturated carbocycles. The van der Waals surface area contributed by atoms with E-state index in [0.29, 0.717) is 12.6 Å². The van der Waals surface area contributed by atoms with Crippen molar-refractivity contribution in [1.29, 1.82) is 0 Å². The molecule has 2 heterocycles. The Hall–Kier alpha value is -1.55. The third-order valence-corrected chi connectivity index (χ3v) is 5.45. The van der Waals surface area contributed by atoms with Crippen molar-refractivity contribution >= 4 is 6.03 Å². The van der Waals surface area contributed by atoms with Gasteiger partial charge in [-0.25, -0.2) is 4.79 Å². The van der Waals surface area contributed by atoms with Gasteiger partial charge >= 0.3 is 6.03 Å². The number of nitrogens with zero attached hydrogens (tertiary/aromatic N) is 2. The number of nitrogens with one attached hydrogen (secondary N) is 1. The van der Waals surface area contributed by atoms with E-state index in [-0.39, 0.29) is 6.03 Å². The zero-order chi connectivity index (χ0) is 16.8. The molecule has 132 valence electrons. The molecular formula is C20H31N3O. The second kappa shape index (κ2) is 8.52. The van der Waals surface area contributed by atoms with Crippen molar-refractivity contribution in [2.24, 2.45) is 0 Å². The predicted octanol–water partition coefficient (Wildman–Crippen LogP) is 3.76. The highest BCUT2D eigenvalue weighted by molar-refractivity contribution is 5.74. The van der Waals surface area contributed by atoms with Crippen molar-refractivity contribution in [1.82, 2.24) is 15.1 Å². The first-order valence-corrected chi connectivity index (χ1v) is 9.57. The van der Waals surface area contributed by atoms with Gasteiger partial charge in [-0.2, -0.15) is 0 Å². The van der Waals surface area contributed by atoms with Gasteiger partial charge in [-0.3, -0.25) is 4.90 Å². The summed E-state index contributed by atoms with van der Waals surface area (Å²) in [5.41, 5.74) is 2.60. The van der Waals surface area contributed by atoms with Crippen LogP contribution in [0.1, 0.15) is 56.6 Å². The lowest BCUT2D eigenvalue weighted by atomic mass is 10.0. The van der Waals surface area contributed by atoms with E-state index in [9.17, 15) is 4.79 Å². The third-order valence-electron chi connectivity index (χ3n) is 5.45. The molecule has 1 atom stereocenters. The van der Waals surface area contributed by atoms with Gasteiger partial charge in [0.2, 0.25) is 0 Å². The lowest BCUT2D eigenvalue weighted by molar-refractivity contribution is 0.157. The topological polar surface area (TPSA) is 35.6 Å². The monoisotopic (exact) mass is 329 g/mol. The number of likely N-dealkylation sites (tertiary alicyclic amines) is 2. The van der Waals surface area contributed by atoms with E-state index >= 15 is 0 Å². The maximum atomic E-state index is 12.5. The van der Waals surface area contributed by atoms with Crippen LogP contribution in [0.4, 0.5) is 4.79 Å². The van der Waals surface area contributed by atoms with Crippen LogP contribution in [0.15, 0.2) is 24.3 Å². The number of hydrogen-bond donors (Lipinski definition) is 1. The first-order valence-electron chi connectivity index (χ1n) is 9.57. The van der Waals surface area contributed by atoms with Crippen molar-refractivity contribution in [2.75, 3.05) is 19.6 Å². The van der Waals surface area contributed by atoms with E-state index in [1.54, 1.807) is 0 Å². The maximum Gasteiger partial charge on any atom is 0.317 e. The molecule has 1 aromatic carbocycles. The molecule has 1 N–H and O–H groups in total. The highest BCUT2D eigenvalue weighted by Crippen LogP contribution is 2.18. The Morgan fingerprint density at radius 3 is 2.50 bits per heavy atom. The molecule has 0 spiro atoms. The van der Waals surface area contributed by atoms with Crippen LogP contribution in [-0.4, -0.2) is 41.5 Å². The largest absolute Gasteiger partial charge is 0.334 e.